The lowest BCUT2D eigenvalue weighted by molar-refractivity contribution is 0.101. The van der Waals surface area contributed by atoms with Gasteiger partial charge in [0.05, 0.1) is 5.69 Å². The van der Waals surface area contributed by atoms with Crippen molar-refractivity contribution in [3.8, 4) is 0 Å². The Morgan fingerprint density at radius 1 is 1.37 bits per heavy atom. The Labute approximate surface area is 125 Å². The Balaban J connectivity index is 2.26. The summed E-state index contributed by atoms with van der Waals surface area (Å²) in [6.45, 7) is 4.07. The van der Waals surface area contributed by atoms with E-state index in [0.29, 0.717) is 16.4 Å². The molecule has 100 valence electrons. The molecule has 0 atom stereocenters. The maximum atomic E-state index is 12.3. The van der Waals surface area contributed by atoms with Gasteiger partial charge in [0, 0.05) is 21.7 Å². The average Bonchev–Trinajstić information content (AvgIpc) is 2.83. The van der Waals surface area contributed by atoms with E-state index in [2.05, 4.69) is 21.2 Å². The molecular weight excluding hydrogens is 328 g/mol. The summed E-state index contributed by atoms with van der Waals surface area (Å²) >= 11 is 9.32. The van der Waals surface area contributed by atoms with E-state index >= 15 is 0 Å². The first kappa shape index (κ1) is 14.2. The van der Waals surface area contributed by atoms with Crippen molar-refractivity contribution < 1.29 is 4.79 Å². The number of nitrogens with one attached hydrogen (secondary N) is 1. The topological polar surface area (TPSA) is 34.0 Å². The van der Waals surface area contributed by atoms with Crippen molar-refractivity contribution in [2.75, 3.05) is 5.32 Å². The molecule has 3 nitrogen and oxygen atoms in total. The van der Waals surface area contributed by atoms with E-state index in [-0.39, 0.29) is 11.9 Å². The number of hydrogen-bond donors (Lipinski definition) is 1. The summed E-state index contributed by atoms with van der Waals surface area (Å²) in [5.41, 5.74) is 1.29. The minimum absolute atomic E-state index is 0.151. The van der Waals surface area contributed by atoms with Gasteiger partial charge < -0.3 is 9.88 Å². The molecule has 0 aliphatic carbocycles. The number of halogens is 2. The standard InChI is InChI=1S/C14H14BrClN2O/c1-9(2)18-7-3-4-13(18)14(19)17-12-8-10(16)5-6-11(12)15/h3-9H,1-2H3,(H,17,19). The fourth-order valence-electron chi connectivity index (χ4n) is 1.82. The molecule has 19 heavy (non-hydrogen) atoms. The number of carbonyl (C=O) groups is 1. The monoisotopic (exact) mass is 340 g/mol. The van der Waals surface area contributed by atoms with Gasteiger partial charge >= 0.3 is 0 Å². The van der Waals surface area contributed by atoms with Crippen LogP contribution in [0.15, 0.2) is 41.0 Å². The van der Waals surface area contributed by atoms with Crippen molar-refractivity contribution in [3.63, 3.8) is 0 Å². The lowest BCUT2D eigenvalue weighted by atomic mass is 10.3. The van der Waals surface area contributed by atoms with Crippen LogP contribution in [0.2, 0.25) is 5.02 Å². The smallest absolute Gasteiger partial charge is 0.272 e. The summed E-state index contributed by atoms with van der Waals surface area (Å²) in [4.78, 5) is 12.3. The molecule has 1 amide bonds. The van der Waals surface area contributed by atoms with Gasteiger partial charge in [-0.05, 0) is 60.1 Å². The number of benzene rings is 1. The van der Waals surface area contributed by atoms with Crippen molar-refractivity contribution in [1.82, 2.24) is 4.57 Å². The van der Waals surface area contributed by atoms with Crippen LogP contribution >= 0.6 is 27.5 Å². The van der Waals surface area contributed by atoms with E-state index in [1.165, 1.54) is 0 Å². The Morgan fingerprint density at radius 3 is 2.79 bits per heavy atom. The summed E-state index contributed by atoms with van der Waals surface area (Å²) in [7, 11) is 0. The van der Waals surface area contributed by atoms with Gasteiger partial charge in [-0.15, -0.1) is 0 Å². The van der Waals surface area contributed by atoms with E-state index in [1.807, 2.05) is 30.7 Å². The first-order chi connectivity index (χ1) is 8.99. The quantitative estimate of drug-likeness (QED) is 0.860. The van der Waals surface area contributed by atoms with E-state index in [0.717, 1.165) is 4.47 Å². The molecule has 0 saturated carbocycles. The summed E-state index contributed by atoms with van der Waals surface area (Å²) in [6.07, 6.45) is 1.90. The zero-order chi connectivity index (χ0) is 14.0. The second-order valence-corrected chi connectivity index (χ2v) is 5.76. The number of anilines is 1. The van der Waals surface area contributed by atoms with Gasteiger partial charge in [-0.1, -0.05) is 11.6 Å². The lowest BCUT2D eigenvalue weighted by Gasteiger charge is -2.13. The Morgan fingerprint density at radius 2 is 2.11 bits per heavy atom. The van der Waals surface area contributed by atoms with E-state index in [9.17, 15) is 4.79 Å². The average molecular weight is 342 g/mol. The Hall–Kier alpha value is -1.26. The normalized spacial score (nSPS) is 10.8. The number of nitrogens with zero attached hydrogens (tertiary/aromatic N) is 1. The van der Waals surface area contributed by atoms with Gasteiger partial charge in [-0.25, -0.2) is 0 Å². The highest BCUT2D eigenvalue weighted by molar-refractivity contribution is 9.10. The highest BCUT2D eigenvalue weighted by Crippen LogP contribution is 2.26. The van der Waals surface area contributed by atoms with Gasteiger partial charge in [-0.2, -0.15) is 0 Å². The van der Waals surface area contributed by atoms with Crippen LogP contribution in [-0.2, 0) is 0 Å². The third-order valence-electron chi connectivity index (χ3n) is 2.74. The maximum absolute atomic E-state index is 12.3. The molecule has 2 aromatic rings. The maximum Gasteiger partial charge on any atom is 0.272 e. The van der Waals surface area contributed by atoms with Gasteiger partial charge in [-0.3, -0.25) is 4.79 Å². The molecule has 0 spiro atoms. The van der Waals surface area contributed by atoms with Gasteiger partial charge in [0.1, 0.15) is 5.69 Å². The predicted octanol–water partition coefficient (Wildman–Crippen LogP) is 4.74. The largest absolute Gasteiger partial charge is 0.341 e. The van der Waals surface area contributed by atoms with Gasteiger partial charge in [0.15, 0.2) is 0 Å². The molecule has 0 bridgehead atoms. The fraction of sp³-hybridized carbons (Fsp3) is 0.214. The van der Waals surface area contributed by atoms with E-state index in [4.69, 9.17) is 11.6 Å². The highest BCUT2D eigenvalue weighted by atomic mass is 79.9. The van der Waals surface area contributed by atoms with Crippen LogP contribution in [0, 0.1) is 0 Å². The summed E-state index contributed by atoms with van der Waals surface area (Å²) in [5.74, 6) is -0.151. The third-order valence-corrected chi connectivity index (χ3v) is 3.67. The minimum Gasteiger partial charge on any atom is -0.341 e. The van der Waals surface area contributed by atoms with Crippen LogP contribution in [0.3, 0.4) is 0 Å². The van der Waals surface area contributed by atoms with Crippen molar-refractivity contribution in [2.24, 2.45) is 0 Å². The summed E-state index contributed by atoms with van der Waals surface area (Å²) in [6, 6.07) is 9.18. The molecule has 0 radical (unpaired) electrons. The van der Waals surface area contributed by atoms with Crippen LogP contribution in [0.5, 0.6) is 0 Å². The van der Waals surface area contributed by atoms with Crippen LogP contribution in [-0.4, -0.2) is 10.5 Å². The van der Waals surface area contributed by atoms with E-state index in [1.54, 1.807) is 24.3 Å². The van der Waals surface area contributed by atoms with Crippen molar-refractivity contribution >= 4 is 39.1 Å². The summed E-state index contributed by atoms with van der Waals surface area (Å²) < 4.78 is 2.72. The second kappa shape index (κ2) is 5.80. The molecule has 5 heteroatoms. The zero-order valence-electron chi connectivity index (χ0n) is 10.7. The Kier molecular flexibility index (Phi) is 4.32. The minimum atomic E-state index is -0.151. The van der Waals surface area contributed by atoms with Crippen molar-refractivity contribution in [2.45, 2.75) is 19.9 Å². The molecule has 2 rings (SSSR count). The number of aromatic nitrogens is 1. The van der Waals surface area contributed by atoms with Crippen LogP contribution in [0.1, 0.15) is 30.4 Å². The number of hydrogen-bond acceptors (Lipinski definition) is 1. The molecular formula is C14H14BrClN2O. The Bertz CT molecular complexity index is 607. The SMILES string of the molecule is CC(C)n1cccc1C(=O)Nc1cc(Cl)ccc1Br. The number of carbonyl (C=O) groups excluding carboxylic acids is 1. The van der Waals surface area contributed by atoms with Crippen molar-refractivity contribution in [1.29, 1.82) is 0 Å². The molecule has 1 aromatic carbocycles. The predicted molar refractivity (Wildman–Crippen MR) is 81.9 cm³/mol. The number of amides is 1. The second-order valence-electron chi connectivity index (χ2n) is 4.47. The molecule has 1 heterocycles. The van der Waals surface area contributed by atoms with Gasteiger partial charge in [0.25, 0.3) is 5.91 Å². The lowest BCUT2D eigenvalue weighted by Crippen LogP contribution is -2.18. The van der Waals surface area contributed by atoms with Gasteiger partial charge in [0.2, 0.25) is 0 Å². The first-order valence-corrected chi connectivity index (χ1v) is 7.09. The molecule has 1 aromatic heterocycles. The van der Waals surface area contributed by atoms with E-state index < -0.39 is 0 Å². The summed E-state index contributed by atoms with van der Waals surface area (Å²) in [5, 5.41) is 3.44. The number of rotatable bonds is 3. The first-order valence-electron chi connectivity index (χ1n) is 5.92. The molecule has 0 saturated heterocycles. The van der Waals surface area contributed by atoms with Crippen molar-refractivity contribution in [3.05, 3.63) is 51.7 Å². The molecule has 1 N–H and O–H groups in total. The van der Waals surface area contributed by atoms with Crippen LogP contribution in [0.4, 0.5) is 5.69 Å². The third kappa shape index (κ3) is 3.19. The molecule has 0 aliphatic heterocycles. The van der Waals surface area contributed by atoms with Crippen LogP contribution in [0.25, 0.3) is 0 Å². The fourth-order valence-corrected chi connectivity index (χ4v) is 2.33. The molecule has 0 unspecified atom stereocenters. The molecule has 0 aliphatic rings. The van der Waals surface area contributed by atoms with Crippen LogP contribution < -0.4 is 5.32 Å². The highest BCUT2D eigenvalue weighted by Gasteiger charge is 2.14. The zero-order valence-corrected chi connectivity index (χ0v) is 13.0. The molecule has 0 fully saturated rings.